The summed E-state index contributed by atoms with van der Waals surface area (Å²) in [5.74, 6) is -0.845. The number of carbonyl (C=O) groups is 2. The topological polar surface area (TPSA) is 86.8 Å². The molecule has 0 bridgehead atoms. The highest BCUT2D eigenvalue weighted by atomic mass is 35.5. The molecule has 3 aromatic carbocycles. The lowest BCUT2D eigenvalue weighted by Crippen LogP contribution is -2.53. The summed E-state index contributed by atoms with van der Waals surface area (Å²) in [5, 5.41) is 4.17. The number of amides is 2. The van der Waals surface area contributed by atoms with E-state index in [4.69, 9.17) is 34.8 Å². The van der Waals surface area contributed by atoms with E-state index >= 15 is 0 Å². The standard InChI is InChI=1S/C30H32Cl3N3O4S/c1-2-28(30(38)34-24-10-6-7-11-24)35(19-21-15-16-23(32)18-27(21)33)29(37)20-36(25-12-8-9-22(31)17-25)41(39,40)26-13-4-3-5-14-26/h3-5,8-9,12-18,24,28H,2,6-7,10-11,19-20H2,1H3,(H,34,38)/t28-/m0/s1. The molecular weight excluding hydrogens is 605 g/mol. The Morgan fingerprint density at radius 1 is 0.927 bits per heavy atom. The first-order valence-corrected chi connectivity index (χ1v) is 16.0. The van der Waals surface area contributed by atoms with Crippen molar-refractivity contribution in [2.45, 2.75) is 62.6 Å². The van der Waals surface area contributed by atoms with E-state index in [0.717, 1.165) is 30.0 Å². The molecule has 1 atom stereocenters. The van der Waals surface area contributed by atoms with Gasteiger partial charge in [-0.15, -0.1) is 0 Å². The number of rotatable bonds is 11. The average Bonchev–Trinajstić information content (AvgIpc) is 3.46. The fourth-order valence-corrected chi connectivity index (χ4v) is 7.08. The molecule has 0 radical (unpaired) electrons. The summed E-state index contributed by atoms with van der Waals surface area (Å²) in [5.41, 5.74) is 0.805. The Kier molecular flexibility index (Phi) is 10.6. The molecular formula is C30H32Cl3N3O4S. The lowest BCUT2D eigenvalue weighted by atomic mass is 10.1. The highest BCUT2D eigenvalue weighted by Gasteiger charge is 2.34. The van der Waals surface area contributed by atoms with Crippen molar-refractivity contribution in [2.24, 2.45) is 0 Å². The molecule has 1 aliphatic carbocycles. The monoisotopic (exact) mass is 635 g/mol. The van der Waals surface area contributed by atoms with Crippen molar-refractivity contribution in [3.63, 3.8) is 0 Å². The van der Waals surface area contributed by atoms with E-state index in [2.05, 4.69) is 5.32 Å². The minimum atomic E-state index is -4.17. The highest BCUT2D eigenvalue weighted by Crippen LogP contribution is 2.28. The van der Waals surface area contributed by atoms with Crippen LogP contribution in [0.1, 0.15) is 44.6 Å². The Morgan fingerprint density at radius 2 is 1.61 bits per heavy atom. The van der Waals surface area contributed by atoms with Crippen LogP contribution in [0.25, 0.3) is 0 Å². The van der Waals surface area contributed by atoms with Crippen molar-refractivity contribution in [1.82, 2.24) is 10.2 Å². The normalized spacial score (nSPS) is 14.4. The van der Waals surface area contributed by atoms with Gasteiger partial charge in [0.25, 0.3) is 10.0 Å². The molecule has 0 saturated heterocycles. The van der Waals surface area contributed by atoms with E-state index in [9.17, 15) is 18.0 Å². The summed E-state index contributed by atoms with van der Waals surface area (Å²) in [7, 11) is -4.17. The molecule has 1 N–H and O–H groups in total. The van der Waals surface area contributed by atoms with Crippen LogP contribution in [0.4, 0.5) is 5.69 Å². The molecule has 0 aliphatic heterocycles. The van der Waals surface area contributed by atoms with Gasteiger partial charge >= 0.3 is 0 Å². The fourth-order valence-electron chi connectivity index (χ4n) is 5.00. The number of benzene rings is 3. The first kappa shape index (κ1) is 31.2. The Labute approximate surface area is 256 Å². The molecule has 11 heteroatoms. The van der Waals surface area contributed by atoms with E-state index < -0.39 is 28.5 Å². The molecule has 218 valence electrons. The van der Waals surface area contributed by atoms with E-state index in [0.29, 0.717) is 27.1 Å². The SMILES string of the molecule is CC[C@@H](C(=O)NC1CCCC1)N(Cc1ccc(Cl)cc1Cl)C(=O)CN(c1cccc(Cl)c1)S(=O)(=O)c1ccccc1. The van der Waals surface area contributed by atoms with Crippen LogP contribution in [0.5, 0.6) is 0 Å². The van der Waals surface area contributed by atoms with Crippen LogP contribution >= 0.6 is 34.8 Å². The lowest BCUT2D eigenvalue weighted by molar-refractivity contribution is -0.140. The van der Waals surface area contributed by atoms with E-state index in [1.807, 2.05) is 6.92 Å². The zero-order valence-corrected chi connectivity index (χ0v) is 25.7. The summed E-state index contributed by atoms with van der Waals surface area (Å²) in [6, 6.07) is 18.3. The third kappa shape index (κ3) is 7.74. The number of nitrogens with one attached hydrogen (secondary N) is 1. The summed E-state index contributed by atoms with van der Waals surface area (Å²) >= 11 is 18.8. The van der Waals surface area contributed by atoms with Gasteiger partial charge in [0.15, 0.2) is 0 Å². The Balaban J connectivity index is 1.73. The molecule has 7 nitrogen and oxygen atoms in total. The van der Waals surface area contributed by atoms with Crippen LogP contribution in [0, 0.1) is 0 Å². The number of anilines is 1. The highest BCUT2D eigenvalue weighted by molar-refractivity contribution is 7.92. The number of sulfonamides is 1. The van der Waals surface area contributed by atoms with Crippen LogP contribution in [0.15, 0.2) is 77.7 Å². The minimum absolute atomic E-state index is 0.0137. The van der Waals surface area contributed by atoms with Gasteiger partial charge in [0.2, 0.25) is 11.8 Å². The maximum absolute atomic E-state index is 14.2. The zero-order valence-electron chi connectivity index (χ0n) is 22.6. The quantitative estimate of drug-likeness (QED) is 0.254. The van der Waals surface area contributed by atoms with Gasteiger partial charge in [0, 0.05) is 27.7 Å². The van der Waals surface area contributed by atoms with Gasteiger partial charge < -0.3 is 10.2 Å². The van der Waals surface area contributed by atoms with Crippen LogP contribution in [0.2, 0.25) is 15.1 Å². The largest absolute Gasteiger partial charge is 0.352 e. The maximum atomic E-state index is 14.2. The van der Waals surface area contributed by atoms with Gasteiger partial charge in [-0.05, 0) is 67.3 Å². The Bertz CT molecular complexity index is 1480. The van der Waals surface area contributed by atoms with Gasteiger partial charge in [-0.3, -0.25) is 13.9 Å². The molecule has 0 aromatic heterocycles. The molecule has 41 heavy (non-hydrogen) atoms. The predicted octanol–water partition coefficient (Wildman–Crippen LogP) is 6.71. The number of halogens is 3. The van der Waals surface area contributed by atoms with Gasteiger partial charge in [-0.1, -0.05) is 84.9 Å². The minimum Gasteiger partial charge on any atom is -0.352 e. The van der Waals surface area contributed by atoms with Crippen molar-refractivity contribution in [1.29, 1.82) is 0 Å². The molecule has 1 fully saturated rings. The maximum Gasteiger partial charge on any atom is 0.264 e. The smallest absolute Gasteiger partial charge is 0.264 e. The summed E-state index contributed by atoms with van der Waals surface area (Å²) in [4.78, 5) is 29.1. The van der Waals surface area contributed by atoms with Gasteiger partial charge in [0.1, 0.15) is 12.6 Å². The van der Waals surface area contributed by atoms with Crippen molar-refractivity contribution in [3.05, 3.63) is 93.4 Å². The second kappa shape index (κ2) is 13.9. The van der Waals surface area contributed by atoms with Crippen LogP contribution in [-0.4, -0.2) is 43.8 Å². The van der Waals surface area contributed by atoms with Gasteiger partial charge in [-0.25, -0.2) is 8.42 Å². The number of nitrogens with zero attached hydrogens (tertiary/aromatic N) is 2. The molecule has 3 aromatic rings. The summed E-state index contributed by atoms with van der Waals surface area (Å²) in [6.07, 6.45) is 4.17. The van der Waals surface area contributed by atoms with E-state index in [1.165, 1.54) is 23.1 Å². The molecule has 4 rings (SSSR count). The molecule has 2 amide bonds. The zero-order chi connectivity index (χ0) is 29.6. The number of hydrogen-bond acceptors (Lipinski definition) is 4. The number of hydrogen-bond donors (Lipinski definition) is 1. The van der Waals surface area contributed by atoms with Crippen molar-refractivity contribution >= 4 is 62.3 Å². The van der Waals surface area contributed by atoms with Gasteiger partial charge in [-0.2, -0.15) is 0 Å². The third-order valence-electron chi connectivity index (χ3n) is 7.15. The molecule has 1 aliphatic rings. The van der Waals surface area contributed by atoms with Crippen molar-refractivity contribution in [3.8, 4) is 0 Å². The molecule has 1 saturated carbocycles. The van der Waals surface area contributed by atoms with E-state index in [-0.39, 0.29) is 29.1 Å². The van der Waals surface area contributed by atoms with Crippen molar-refractivity contribution < 1.29 is 18.0 Å². The first-order valence-electron chi connectivity index (χ1n) is 13.5. The third-order valence-corrected chi connectivity index (χ3v) is 9.76. The average molecular weight is 637 g/mol. The first-order chi connectivity index (χ1) is 19.6. The molecule has 0 spiro atoms. The van der Waals surface area contributed by atoms with Crippen LogP contribution in [0.3, 0.4) is 0 Å². The molecule has 0 unspecified atom stereocenters. The van der Waals surface area contributed by atoms with Gasteiger partial charge in [0.05, 0.1) is 10.6 Å². The van der Waals surface area contributed by atoms with Crippen LogP contribution in [-0.2, 0) is 26.2 Å². The van der Waals surface area contributed by atoms with Crippen LogP contribution < -0.4 is 9.62 Å². The Morgan fingerprint density at radius 3 is 2.24 bits per heavy atom. The second-order valence-corrected chi connectivity index (χ2v) is 13.1. The summed E-state index contributed by atoms with van der Waals surface area (Å²) < 4.78 is 28.7. The molecule has 0 heterocycles. The summed E-state index contributed by atoms with van der Waals surface area (Å²) in [6.45, 7) is 1.24. The van der Waals surface area contributed by atoms with E-state index in [1.54, 1.807) is 54.6 Å². The number of carbonyl (C=O) groups excluding carboxylic acids is 2. The second-order valence-electron chi connectivity index (χ2n) is 9.98. The Hall–Kier alpha value is -2.78. The van der Waals surface area contributed by atoms with Crippen molar-refractivity contribution in [2.75, 3.05) is 10.8 Å². The lowest BCUT2D eigenvalue weighted by Gasteiger charge is -2.34. The predicted molar refractivity (Wildman–Crippen MR) is 164 cm³/mol. The fraction of sp³-hybridized carbons (Fsp3) is 0.333.